The van der Waals surface area contributed by atoms with Crippen molar-refractivity contribution in [3.8, 4) is 0 Å². The van der Waals surface area contributed by atoms with Gasteiger partial charge < -0.3 is 11.1 Å². The number of rotatable bonds is 2. The van der Waals surface area contributed by atoms with Gasteiger partial charge >= 0.3 is 0 Å². The molecule has 0 aromatic carbocycles. The Morgan fingerprint density at radius 3 is 2.79 bits per heavy atom. The molecular formula is C9H13ClN4. The Hall–Kier alpha value is -1.03. The van der Waals surface area contributed by atoms with Crippen molar-refractivity contribution in [2.24, 2.45) is 0 Å². The average Bonchev–Trinajstić information content (AvgIpc) is 2.66. The largest absolute Gasteiger partial charge is 0.393 e. The van der Waals surface area contributed by atoms with Crippen LogP contribution in [0.4, 0.5) is 11.5 Å². The first-order chi connectivity index (χ1) is 6.77. The Balaban J connectivity index is 2.11. The lowest BCUT2D eigenvalue weighted by atomic mass is 10.2. The van der Waals surface area contributed by atoms with E-state index in [1.54, 1.807) is 0 Å². The average molecular weight is 213 g/mol. The van der Waals surface area contributed by atoms with Gasteiger partial charge in [-0.1, -0.05) is 24.4 Å². The Kier molecular flexibility index (Phi) is 2.72. The zero-order valence-electron chi connectivity index (χ0n) is 7.83. The number of aromatic nitrogens is 2. The lowest BCUT2D eigenvalue weighted by Gasteiger charge is -2.13. The van der Waals surface area contributed by atoms with Gasteiger partial charge in [-0.15, -0.1) is 0 Å². The summed E-state index contributed by atoms with van der Waals surface area (Å²) in [4.78, 5) is 7.87. The molecule has 1 aliphatic rings. The van der Waals surface area contributed by atoms with E-state index in [1.165, 1.54) is 32.0 Å². The molecule has 0 atom stereocenters. The minimum Gasteiger partial charge on any atom is -0.393 e. The zero-order valence-corrected chi connectivity index (χ0v) is 8.59. The summed E-state index contributed by atoms with van der Waals surface area (Å²) in [6.45, 7) is 0. The van der Waals surface area contributed by atoms with Crippen molar-refractivity contribution in [3.63, 3.8) is 0 Å². The maximum absolute atomic E-state index is 5.78. The first kappa shape index (κ1) is 9.52. The lowest BCUT2D eigenvalue weighted by Crippen LogP contribution is -2.17. The predicted octanol–water partition coefficient (Wildman–Crippen LogP) is 2.07. The van der Waals surface area contributed by atoms with Crippen molar-refractivity contribution in [1.82, 2.24) is 9.97 Å². The van der Waals surface area contributed by atoms with Gasteiger partial charge in [-0.3, -0.25) is 0 Å². The number of anilines is 2. The van der Waals surface area contributed by atoms with Gasteiger partial charge in [-0.2, -0.15) is 0 Å². The normalized spacial score (nSPS) is 17.2. The third-order valence-electron chi connectivity index (χ3n) is 2.53. The van der Waals surface area contributed by atoms with Crippen LogP contribution < -0.4 is 11.1 Å². The molecule has 0 saturated heterocycles. The van der Waals surface area contributed by atoms with Crippen LogP contribution in [-0.4, -0.2) is 16.0 Å². The summed E-state index contributed by atoms with van der Waals surface area (Å²) in [5.74, 6) is 0.664. The van der Waals surface area contributed by atoms with Gasteiger partial charge in [0.1, 0.15) is 12.0 Å². The standard InChI is InChI=1S/C9H13ClN4/c10-8-7(11)9(13-5-12-8)14-6-3-1-2-4-6/h5-6H,1-4,11H2,(H,12,13,14). The molecule has 1 aromatic heterocycles. The summed E-state index contributed by atoms with van der Waals surface area (Å²) in [5, 5.41) is 3.61. The molecule has 3 N–H and O–H groups in total. The van der Waals surface area contributed by atoms with Crippen molar-refractivity contribution < 1.29 is 0 Å². The molecule has 0 amide bonds. The van der Waals surface area contributed by atoms with Crippen LogP contribution in [0.5, 0.6) is 0 Å². The topological polar surface area (TPSA) is 63.8 Å². The second-order valence-electron chi connectivity index (χ2n) is 3.55. The molecule has 1 aromatic rings. The fourth-order valence-electron chi connectivity index (χ4n) is 1.75. The third-order valence-corrected chi connectivity index (χ3v) is 2.83. The summed E-state index contributed by atoms with van der Waals surface area (Å²) in [5.41, 5.74) is 6.19. The van der Waals surface area contributed by atoms with Gasteiger partial charge in [-0.05, 0) is 12.8 Å². The van der Waals surface area contributed by atoms with E-state index < -0.39 is 0 Å². The molecule has 1 heterocycles. The molecule has 14 heavy (non-hydrogen) atoms. The minimum atomic E-state index is 0.320. The van der Waals surface area contributed by atoms with Crippen molar-refractivity contribution in [1.29, 1.82) is 0 Å². The molecule has 1 saturated carbocycles. The van der Waals surface area contributed by atoms with E-state index in [-0.39, 0.29) is 0 Å². The quantitative estimate of drug-likeness (QED) is 0.737. The summed E-state index contributed by atoms with van der Waals surface area (Å²) >= 11 is 5.78. The molecule has 0 radical (unpaired) electrons. The molecule has 5 heteroatoms. The maximum Gasteiger partial charge on any atom is 0.157 e. The van der Waals surface area contributed by atoms with E-state index in [4.69, 9.17) is 17.3 Å². The van der Waals surface area contributed by atoms with Crippen LogP contribution in [0.15, 0.2) is 6.33 Å². The molecule has 2 rings (SSSR count). The van der Waals surface area contributed by atoms with Crippen molar-refractivity contribution in [2.45, 2.75) is 31.7 Å². The Labute approximate surface area is 87.9 Å². The molecular weight excluding hydrogens is 200 g/mol. The van der Waals surface area contributed by atoms with Crippen molar-refractivity contribution >= 4 is 23.1 Å². The van der Waals surface area contributed by atoms with Gasteiger partial charge in [0.25, 0.3) is 0 Å². The first-order valence-corrected chi connectivity index (χ1v) is 5.17. The molecule has 1 fully saturated rings. The number of hydrogen-bond acceptors (Lipinski definition) is 4. The van der Waals surface area contributed by atoms with Gasteiger partial charge in [0.15, 0.2) is 11.0 Å². The van der Waals surface area contributed by atoms with Crippen LogP contribution in [0.25, 0.3) is 0 Å². The van der Waals surface area contributed by atoms with Crippen LogP contribution in [0.2, 0.25) is 5.15 Å². The number of nitrogen functional groups attached to an aromatic ring is 1. The number of nitrogens with zero attached hydrogens (tertiary/aromatic N) is 2. The second-order valence-corrected chi connectivity index (χ2v) is 3.91. The van der Waals surface area contributed by atoms with Crippen LogP contribution in [0, 0.1) is 0 Å². The van der Waals surface area contributed by atoms with E-state index in [0.29, 0.717) is 22.7 Å². The highest BCUT2D eigenvalue weighted by Gasteiger charge is 2.16. The molecule has 76 valence electrons. The van der Waals surface area contributed by atoms with Crippen molar-refractivity contribution in [2.75, 3.05) is 11.1 Å². The summed E-state index contributed by atoms with van der Waals surface area (Å²) in [6, 6.07) is 0.489. The fourth-order valence-corrected chi connectivity index (χ4v) is 1.89. The molecule has 1 aliphatic carbocycles. The van der Waals surface area contributed by atoms with Crippen LogP contribution >= 0.6 is 11.6 Å². The number of nitrogens with two attached hydrogens (primary N) is 1. The predicted molar refractivity (Wildman–Crippen MR) is 57.3 cm³/mol. The monoisotopic (exact) mass is 212 g/mol. The molecule has 0 unspecified atom stereocenters. The van der Waals surface area contributed by atoms with E-state index in [1.807, 2.05) is 0 Å². The van der Waals surface area contributed by atoms with E-state index >= 15 is 0 Å². The highest BCUT2D eigenvalue weighted by atomic mass is 35.5. The molecule has 0 bridgehead atoms. The molecule has 0 aliphatic heterocycles. The van der Waals surface area contributed by atoms with Gasteiger partial charge in [0.05, 0.1) is 0 Å². The number of nitrogens with one attached hydrogen (secondary N) is 1. The highest BCUT2D eigenvalue weighted by molar-refractivity contribution is 6.32. The summed E-state index contributed by atoms with van der Waals surface area (Å²) in [7, 11) is 0. The third kappa shape index (κ3) is 1.90. The highest BCUT2D eigenvalue weighted by Crippen LogP contribution is 2.26. The lowest BCUT2D eigenvalue weighted by molar-refractivity contribution is 0.750. The van der Waals surface area contributed by atoms with E-state index in [0.717, 1.165) is 0 Å². The summed E-state index contributed by atoms with van der Waals surface area (Å²) in [6.07, 6.45) is 6.34. The Morgan fingerprint density at radius 1 is 1.36 bits per heavy atom. The van der Waals surface area contributed by atoms with Crippen molar-refractivity contribution in [3.05, 3.63) is 11.5 Å². The Bertz CT molecular complexity index is 323. The summed E-state index contributed by atoms with van der Waals surface area (Å²) < 4.78 is 0. The zero-order chi connectivity index (χ0) is 9.97. The molecule has 4 nitrogen and oxygen atoms in total. The number of halogens is 1. The fraction of sp³-hybridized carbons (Fsp3) is 0.556. The first-order valence-electron chi connectivity index (χ1n) is 4.80. The second kappa shape index (κ2) is 4.00. The van der Waals surface area contributed by atoms with Gasteiger partial charge in [0, 0.05) is 6.04 Å². The molecule has 0 spiro atoms. The van der Waals surface area contributed by atoms with Gasteiger partial charge in [-0.25, -0.2) is 9.97 Å². The number of hydrogen-bond donors (Lipinski definition) is 2. The van der Waals surface area contributed by atoms with Crippen LogP contribution in [0.3, 0.4) is 0 Å². The minimum absolute atomic E-state index is 0.320. The Morgan fingerprint density at radius 2 is 2.07 bits per heavy atom. The maximum atomic E-state index is 5.78. The van der Waals surface area contributed by atoms with Crippen LogP contribution in [0.1, 0.15) is 25.7 Å². The van der Waals surface area contributed by atoms with E-state index in [2.05, 4.69) is 15.3 Å². The smallest absolute Gasteiger partial charge is 0.157 e. The van der Waals surface area contributed by atoms with Crippen LogP contribution in [-0.2, 0) is 0 Å². The van der Waals surface area contributed by atoms with E-state index in [9.17, 15) is 0 Å². The van der Waals surface area contributed by atoms with Gasteiger partial charge in [0.2, 0.25) is 0 Å². The SMILES string of the molecule is Nc1c(Cl)ncnc1NC1CCCC1.